The number of aryl methyl sites for hydroxylation is 2. The third-order valence-electron chi connectivity index (χ3n) is 2.61. The first-order chi connectivity index (χ1) is 8.11. The van der Waals surface area contributed by atoms with Gasteiger partial charge >= 0.3 is 5.97 Å². The number of aromatic nitrogens is 1. The number of ether oxygens (including phenoxy) is 1. The minimum Gasteiger partial charge on any atom is -0.461 e. The van der Waals surface area contributed by atoms with Gasteiger partial charge in [0.05, 0.1) is 12.1 Å². The summed E-state index contributed by atoms with van der Waals surface area (Å²) in [6.45, 7) is 6.20. The minimum atomic E-state index is -0.366. The zero-order valence-electron chi connectivity index (χ0n) is 10.3. The molecule has 3 heteroatoms. The molecule has 0 aliphatic carbocycles. The molecule has 0 saturated heterocycles. The summed E-state index contributed by atoms with van der Waals surface area (Å²) in [6, 6.07) is 7.74. The van der Waals surface area contributed by atoms with Crippen LogP contribution in [0.25, 0.3) is 10.9 Å². The van der Waals surface area contributed by atoms with Gasteiger partial charge in [-0.15, -0.1) is 0 Å². The van der Waals surface area contributed by atoms with Crippen LogP contribution in [0.5, 0.6) is 0 Å². The maximum atomic E-state index is 11.6. The van der Waals surface area contributed by atoms with Gasteiger partial charge in [0.1, 0.15) is 5.69 Å². The summed E-state index contributed by atoms with van der Waals surface area (Å²) in [5, 5.41) is 1.05. The van der Waals surface area contributed by atoms with Crippen LogP contribution in [0.4, 0.5) is 0 Å². The van der Waals surface area contributed by atoms with Crippen LogP contribution in [0.15, 0.2) is 24.3 Å². The summed E-state index contributed by atoms with van der Waals surface area (Å²) in [5.41, 5.74) is 3.50. The Labute approximate surface area is 100 Å². The second-order valence-electron chi connectivity index (χ2n) is 4.07. The van der Waals surface area contributed by atoms with Gasteiger partial charge in [-0.2, -0.15) is 0 Å². The molecule has 2 aromatic rings. The van der Waals surface area contributed by atoms with E-state index in [-0.39, 0.29) is 5.97 Å². The van der Waals surface area contributed by atoms with E-state index < -0.39 is 0 Å². The highest BCUT2D eigenvalue weighted by Crippen LogP contribution is 2.19. The molecule has 1 aromatic carbocycles. The fourth-order valence-corrected chi connectivity index (χ4v) is 1.92. The van der Waals surface area contributed by atoms with Gasteiger partial charge in [0, 0.05) is 5.39 Å². The van der Waals surface area contributed by atoms with E-state index in [1.54, 1.807) is 13.0 Å². The van der Waals surface area contributed by atoms with Gasteiger partial charge in [-0.25, -0.2) is 9.78 Å². The lowest BCUT2D eigenvalue weighted by molar-refractivity contribution is 0.0520. The minimum absolute atomic E-state index is 0.366. The van der Waals surface area contributed by atoms with E-state index in [1.807, 2.05) is 19.9 Å². The molecule has 2 rings (SSSR count). The lowest BCUT2D eigenvalue weighted by Gasteiger charge is -2.06. The van der Waals surface area contributed by atoms with Crippen molar-refractivity contribution in [3.63, 3.8) is 0 Å². The number of hydrogen-bond donors (Lipinski definition) is 0. The molecule has 88 valence electrons. The van der Waals surface area contributed by atoms with Crippen LogP contribution in [0, 0.1) is 13.8 Å². The zero-order valence-corrected chi connectivity index (χ0v) is 10.3. The number of rotatable bonds is 2. The number of benzene rings is 1. The molecule has 0 bridgehead atoms. The van der Waals surface area contributed by atoms with Gasteiger partial charge in [-0.1, -0.05) is 17.7 Å². The fourth-order valence-electron chi connectivity index (χ4n) is 1.92. The second kappa shape index (κ2) is 4.53. The molecule has 0 saturated carbocycles. The summed E-state index contributed by atoms with van der Waals surface area (Å²) in [4.78, 5) is 15.9. The Bertz CT molecular complexity index is 576. The Morgan fingerprint density at radius 3 is 2.76 bits per heavy atom. The highest BCUT2D eigenvalue weighted by molar-refractivity contribution is 5.92. The SMILES string of the molecule is CCOC(=O)c1ccc2cc(C)cc(C)c2n1. The molecule has 0 aliphatic rings. The molecule has 0 aliphatic heterocycles. The second-order valence-corrected chi connectivity index (χ2v) is 4.07. The van der Waals surface area contributed by atoms with Crippen LogP contribution in [0.3, 0.4) is 0 Å². The normalized spacial score (nSPS) is 10.5. The van der Waals surface area contributed by atoms with Crippen molar-refractivity contribution in [2.45, 2.75) is 20.8 Å². The predicted molar refractivity (Wildman–Crippen MR) is 67.2 cm³/mol. The van der Waals surface area contributed by atoms with Gasteiger partial charge in [0.2, 0.25) is 0 Å². The van der Waals surface area contributed by atoms with Gasteiger partial charge in [-0.05, 0) is 38.5 Å². The maximum absolute atomic E-state index is 11.6. The van der Waals surface area contributed by atoms with Crippen molar-refractivity contribution < 1.29 is 9.53 Å². The van der Waals surface area contributed by atoms with Crippen LogP contribution in [0.2, 0.25) is 0 Å². The number of carbonyl (C=O) groups excluding carboxylic acids is 1. The molecular weight excluding hydrogens is 214 g/mol. The van der Waals surface area contributed by atoms with Crippen molar-refractivity contribution in [1.82, 2.24) is 4.98 Å². The topological polar surface area (TPSA) is 39.2 Å². The van der Waals surface area contributed by atoms with E-state index in [9.17, 15) is 4.79 Å². The average molecular weight is 229 g/mol. The highest BCUT2D eigenvalue weighted by Gasteiger charge is 2.09. The van der Waals surface area contributed by atoms with Crippen LogP contribution < -0.4 is 0 Å². The highest BCUT2D eigenvalue weighted by atomic mass is 16.5. The lowest BCUT2D eigenvalue weighted by atomic mass is 10.1. The Hall–Kier alpha value is -1.90. The number of esters is 1. The summed E-state index contributed by atoms with van der Waals surface area (Å²) in [5.74, 6) is -0.366. The predicted octanol–water partition coefficient (Wildman–Crippen LogP) is 3.03. The molecule has 3 nitrogen and oxygen atoms in total. The van der Waals surface area contributed by atoms with Gasteiger partial charge in [0.25, 0.3) is 0 Å². The molecule has 17 heavy (non-hydrogen) atoms. The quantitative estimate of drug-likeness (QED) is 0.743. The van der Waals surface area contributed by atoms with Crippen molar-refractivity contribution in [3.05, 3.63) is 41.1 Å². The maximum Gasteiger partial charge on any atom is 0.356 e. The summed E-state index contributed by atoms with van der Waals surface area (Å²) >= 11 is 0. The Kier molecular flexibility index (Phi) is 3.09. The van der Waals surface area contributed by atoms with Crippen molar-refractivity contribution in [3.8, 4) is 0 Å². The smallest absolute Gasteiger partial charge is 0.356 e. The van der Waals surface area contributed by atoms with Gasteiger partial charge in [0.15, 0.2) is 0 Å². The number of nitrogens with zero attached hydrogens (tertiary/aromatic N) is 1. The molecule has 0 unspecified atom stereocenters. The molecule has 0 atom stereocenters. The van der Waals surface area contributed by atoms with Crippen molar-refractivity contribution in [1.29, 1.82) is 0 Å². The van der Waals surface area contributed by atoms with Crippen LogP contribution >= 0.6 is 0 Å². The summed E-state index contributed by atoms with van der Waals surface area (Å²) in [6.07, 6.45) is 0. The molecule has 0 N–H and O–H groups in total. The van der Waals surface area contributed by atoms with Crippen LogP contribution in [0.1, 0.15) is 28.5 Å². The molecule has 0 amide bonds. The first kappa shape index (κ1) is 11.6. The fraction of sp³-hybridized carbons (Fsp3) is 0.286. The van der Waals surface area contributed by atoms with Gasteiger partial charge in [-0.3, -0.25) is 0 Å². The van der Waals surface area contributed by atoms with Crippen LogP contribution in [-0.4, -0.2) is 17.6 Å². The number of fused-ring (bicyclic) bond motifs is 1. The number of carbonyl (C=O) groups is 1. The number of pyridine rings is 1. The molecule has 0 spiro atoms. The van der Waals surface area contributed by atoms with Crippen molar-refractivity contribution >= 4 is 16.9 Å². The molecular formula is C14H15NO2. The van der Waals surface area contributed by atoms with Crippen molar-refractivity contribution in [2.75, 3.05) is 6.61 Å². The first-order valence-electron chi connectivity index (χ1n) is 5.67. The lowest BCUT2D eigenvalue weighted by Crippen LogP contribution is -2.07. The zero-order chi connectivity index (χ0) is 12.4. The van der Waals surface area contributed by atoms with Crippen molar-refractivity contribution in [2.24, 2.45) is 0 Å². The molecule has 1 heterocycles. The van der Waals surface area contributed by atoms with E-state index in [4.69, 9.17) is 4.74 Å². The monoisotopic (exact) mass is 229 g/mol. The summed E-state index contributed by atoms with van der Waals surface area (Å²) < 4.78 is 4.94. The Balaban J connectivity index is 2.54. The Morgan fingerprint density at radius 1 is 1.29 bits per heavy atom. The van der Waals surface area contributed by atoms with E-state index in [2.05, 4.69) is 17.1 Å². The van der Waals surface area contributed by atoms with Gasteiger partial charge < -0.3 is 4.74 Å². The van der Waals surface area contributed by atoms with E-state index in [0.29, 0.717) is 12.3 Å². The largest absolute Gasteiger partial charge is 0.461 e. The van der Waals surface area contributed by atoms with Crippen LogP contribution in [-0.2, 0) is 4.74 Å². The third-order valence-corrected chi connectivity index (χ3v) is 2.61. The first-order valence-corrected chi connectivity index (χ1v) is 5.67. The molecule has 0 fully saturated rings. The third kappa shape index (κ3) is 2.28. The van der Waals surface area contributed by atoms with E-state index in [0.717, 1.165) is 16.5 Å². The molecule has 1 aromatic heterocycles. The number of hydrogen-bond acceptors (Lipinski definition) is 3. The van der Waals surface area contributed by atoms with E-state index >= 15 is 0 Å². The standard InChI is InChI=1S/C14H15NO2/c1-4-17-14(16)12-6-5-11-8-9(2)7-10(3)13(11)15-12/h5-8H,4H2,1-3H3. The average Bonchev–Trinajstić information content (AvgIpc) is 2.28. The molecule has 0 radical (unpaired) electrons. The summed E-state index contributed by atoms with van der Waals surface area (Å²) in [7, 11) is 0. The van der Waals surface area contributed by atoms with E-state index in [1.165, 1.54) is 5.56 Å². The Morgan fingerprint density at radius 2 is 2.06 bits per heavy atom.